The third-order valence-corrected chi connectivity index (χ3v) is 4.65. The number of hydrogen-bond acceptors (Lipinski definition) is 8. The molecule has 0 aliphatic heterocycles. The first kappa shape index (κ1) is 18.2. The predicted molar refractivity (Wildman–Crippen MR) is 80.2 cm³/mol. The average Bonchev–Trinajstić information content (AvgIpc) is 2.46. The fourth-order valence-electron chi connectivity index (χ4n) is 1.74. The third-order valence-electron chi connectivity index (χ3n) is 2.80. The Bertz CT molecular complexity index is 577. The molecule has 0 bridgehead atoms. The largest absolute Gasteiger partial charge is 0.500 e. The Morgan fingerprint density at radius 1 is 1.45 bits per heavy atom. The predicted octanol–water partition coefficient (Wildman–Crippen LogP) is 1.02. The highest BCUT2D eigenvalue weighted by Gasteiger charge is 2.45. The van der Waals surface area contributed by atoms with E-state index in [1.807, 2.05) is 0 Å². The molecule has 22 heavy (non-hydrogen) atoms. The zero-order valence-electron chi connectivity index (χ0n) is 11.9. The summed E-state index contributed by atoms with van der Waals surface area (Å²) in [4.78, 5) is 42.0. The van der Waals surface area contributed by atoms with Gasteiger partial charge in [-0.15, -0.1) is 0 Å². The van der Waals surface area contributed by atoms with Crippen LogP contribution in [0.15, 0.2) is 12.1 Å². The summed E-state index contributed by atoms with van der Waals surface area (Å²) in [6, 6.07) is 1.85. The molecule has 5 N–H and O–H groups in total. The molecule has 0 saturated heterocycles. The Morgan fingerprint density at radius 2 is 2.09 bits per heavy atom. The molecule has 0 atom stereocenters. The summed E-state index contributed by atoms with van der Waals surface area (Å²) in [5, 5.41) is 20.7. The van der Waals surface area contributed by atoms with E-state index in [0.29, 0.717) is 0 Å². The number of hydrogen-bond donors (Lipinski definition) is 4. The molecule has 0 spiro atoms. The van der Waals surface area contributed by atoms with Gasteiger partial charge in [0.25, 0.3) is 0 Å². The van der Waals surface area contributed by atoms with Crippen molar-refractivity contribution in [3.63, 3.8) is 0 Å². The average molecular weight is 333 g/mol. The molecule has 0 aliphatic rings. The summed E-state index contributed by atoms with van der Waals surface area (Å²) in [7, 11) is -3.95. The van der Waals surface area contributed by atoms with E-state index in [1.165, 1.54) is 0 Å². The SMILES string of the molecule is CCOc1cc(C(=O)[P+](O)(O)CCCN)cc([N+](=O)[O-])c1O. The van der Waals surface area contributed by atoms with Crippen LogP contribution in [0.25, 0.3) is 0 Å². The van der Waals surface area contributed by atoms with Gasteiger partial charge in [-0.1, -0.05) is 0 Å². The first-order valence-electron chi connectivity index (χ1n) is 6.47. The fourth-order valence-corrected chi connectivity index (χ4v) is 3.11. The minimum atomic E-state index is -3.95. The van der Waals surface area contributed by atoms with Gasteiger partial charge < -0.3 is 15.6 Å². The van der Waals surface area contributed by atoms with Gasteiger partial charge in [-0.05, 0) is 26.0 Å². The van der Waals surface area contributed by atoms with Crippen molar-refractivity contribution in [1.29, 1.82) is 0 Å². The Kier molecular flexibility index (Phi) is 6.19. The highest BCUT2D eigenvalue weighted by Crippen LogP contribution is 2.54. The van der Waals surface area contributed by atoms with Crippen molar-refractivity contribution in [2.75, 3.05) is 19.3 Å². The van der Waals surface area contributed by atoms with Gasteiger partial charge >= 0.3 is 18.9 Å². The van der Waals surface area contributed by atoms with E-state index in [-0.39, 0.29) is 37.0 Å². The van der Waals surface area contributed by atoms with Crippen molar-refractivity contribution in [2.24, 2.45) is 5.73 Å². The van der Waals surface area contributed by atoms with E-state index in [4.69, 9.17) is 10.5 Å². The number of nitro groups is 1. The summed E-state index contributed by atoms with van der Waals surface area (Å²) < 4.78 is 5.03. The molecule has 9 nitrogen and oxygen atoms in total. The Hall–Kier alpha value is -1.80. The lowest BCUT2D eigenvalue weighted by molar-refractivity contribution is -0.386. The summed E-state index contributed by atoms with van der Waals surface area (Å²) in [5.41, 5.74) is 3.20. The zero-order valence-corrected chi connectivity index (χ0v) is 12.8. The molecule has 0 aromatic heterocycles. The quantitative estimate of drug-likeness (QED) is 0.312. The van der Waals surface area contributed by atoms with E-state index in [0.717, 1.165) is 12.1 Å². The Balaban J connectivity index is 3.29. The second kappa shape index (κ2) is 7.46. The molecule has 1 aromatic carbocycles. The second-order valence-corrected chi connectivity index (χ2v) is 6.75. The smallest absolute Gasteiger partial charge is 0.357 e. The molecule has 10 heteroatoms. The Morgan fingerprint density at radius 3 is 2.59 bits per heavy atom. The first-order valence-corrected chi connectivity index (χ1v) is 8.35. The lowest BCUT2D eigenvalue weighted by Crippen LogP contribution is -2.13. The molecular formula is C12H18N2O7P+. The number of phenols is 1. The molecule has 1 rings (SSSR count). The van der Waals surface area contributed by atoms with Crippen molar-refractivity contribution < 1.29 is 29.3 Å². The van der Waals surface area contributed by atoms with Gasteiger partial charge in [0.2, 0.25) is 5.75 Å². The van der Waals surface area contributed by atoms with Crippen LogP contribution in [-0.2, 0) is 0 Å². The van der Waals surface area contributed by atoms with E-state index >= 15 is 0 Å². The van der Waals surface area contributed by atoms with Crippen molar-refractivity contribution in [2.45, 2.75) is 13.3 Å². The van der Waals surface area contributed by atoms with Gasteiger partial charge in [0.15, 0.2) is 5.75 Å². The summed E-state index contributed by atoms with van der Waals surface area (Å²) in [6.07, 6.45) is 0.0198. The number of nitrogens with zero attached hydrogens (tertiary/aromatic N) is 1. The van der Waals surface area contributed by atoms with Crippen molar-refractivity contribution >= 4 is 18.9 Å². The van der Waals surface area contributed by atoms with Crippen LogP contribution in [0.4, 0.5) is 5.69 Å². The molecule has 122 valence electrons. The highest BCUT2D eigenvalue weighted by molar-refractivity contribution is 7.81. The molecule has 0 radical (unpaired) electrons. The van der Waals surface area contributed by atoms with Crippen LogP contribution in [0.5, 0.6) is 11.5 Å². The summed E-state index contributed by atoms with van der Waals surface area (Å²) in [5.74, 6) is -0.982. The van der Waals surface area contributed by atoms with Crippen LogP contribution in [0, 0.1) is 10.1 Å². The van der Waals surface area contributed by atoms with Crippen LogP contribution < -0.4 is 10.5 Å². The van der Waals surface area contributed by atoms with Gasteiger partial charge in [-0.3, -0.25) is 10.1 Å². The number of carbonyl (C=O) groups is 1. The van der Waals surface area contributed by atoms with Gasteiger partial charge in [-0.25, -0.2) is 14.6 Å². The van der Waals surface area contributed by atoms with E-state index in [9.17, 15) is 29.8 Å². The minimum Gasteiger partial charge on any atom is -0.500 e. The first-order chi connectivity index (χ1) is 10.2. The molecular weight excluding hydrogens is 315 g/mol. The molecule has 0 heterocycles. The molecule has 0 aliphatic carbocycles. The zero-order chi connectivity index (χ0) is 16.9. The summed E-state index contributed by atoms with van der Waals surface area (Å²) in [6.45, 7) is 1.88. The second-order valence-electron chi connectivity index (χ2n) is 4.43. The molecule has 0 fully saturated rings. The highest BCUT2D eigenvalue weighted by atomic mass is 31.2. The van der Waals surface area contributed by atoms with Gasteiger partial charge in [0.05, 0.1) is 17.1 Å². The van der Waals surface area contributed by atoms with Crippen LogP contribution in [0.3, 0.4) is 0 Å². The fraction of sp³-hybridized carbons (Fsp3) is 0.417. The Labute approximate surface area is 127 Å². The van der Waals surface area contributed by atoms with Crippen molar-refractivity contribution in [1.82, 2.24) is 0 Å². The number of nitro benzene ring substituents is 1. The van der Waals surface area contributed by atoms with Gasteiger partial charge in [0, 0.05) is 6.07 Å². The number of rotatable bonds is 8. The van der Waals surface area contributed by atoms with Crippen LogP contribution >= 0.6 is 7.72 Å². The maximum atomic E-state index is 12.2. The number of phenolic OH excluding ortho intramolecular Hbond substituents is 1. The number of aromatic hydroxyl groups is 1. The molecule has 0 amide bonds. The lowest BCUT2D eigenvalue weighted by Gasteiger charge is -2.12. The number of benzene rings is 1. The summed E-state index contributed by atoms with van der Waals surface area (Å²) >= 11 is 0. The van der Waals surface area contributed by atoms with E-state index in [1.54, 1.807) is 6.92 Å². The molecule has 0 saturated carbocycles. The van der Waals surface area contributed by atoms with Crippen LogP contribution in [0.1, 0.15) is 23.7 Å². The van der Waals surface area contributed by atoms with E-state index < -0.39 is 29.6 Å². The molecule has 0 unspecified atom stereocenters. The van der Waals surface area contributed by atoms with Crippen molar-refractivity contribution in [3.05, 3.63) is 27.8 Å². The normalized spacial score (nSPS) is 11.3. The third kappa shape index (κ3) is 4.11. The van der Waals surface area contributed by atoms with Gasteiger partial charge in [-0.2, -0.15) is 0 Å². The van der Waals surface area contributed by atoms with Gasteiger partial charge in [0.1, 0.15) is 6.16 Å². The van der Waals surface area contributed by atoms with Crippen LogP contribution in [0.2, 0.25) is 0 Å². The maximum Gasteiger partial charge on any atom is 0.357 e. The number of nitrogens with two attached hydrogens (primary N) is 1. The molecule has 1 aromatic rings. The number of ether oxygens (including phenoxy) is 1. The van der Waals surface area contributed by atoms with Crippen molar-refractivity contribution in [3.8, 4) is 11.5 Å². The van der Waals surface area contributed by atoms with E-state index in [2.05, 4.69) is 0 Å². The minimum absolute atomic E-state index is 0.105. The monoisotopic (exact) mass is 333 g/mol. The topological polar surface area (TPSA) is 156 Å². The standard InChI is InChI=1S/C12H17N2O7P/c1-2-21-10-7-8(6-9(11(10)15)14(17)18)12(16)22(19,20)5-3-4-13/h6-7,19-20H,2-5,13H2,1H3/p+1. The number of carbonyl (C=O) groups excluding carboxylic acids is 1. The van der Waals surface area contributed by atoms with Crippen LogP contribution in [-0.4, -0.2) is 44.7 Å². The lowest BCUT2D eigenvalue weighted by atomic mass is 10.2. The maximum absolute atomic E-state index is 12.2.